The molecule has 0 unspecified atom stereocenters. The van der Waals surface area contributed by atoms with E-state index in [2.05, 4.69) is 36.3 Å². The third-order valence-corrected chi connectivity index (χ3v) is 3.78. The van der Waals surface area contributed by atoms with Crippen LogP contribution in [0.5, 0.6) is 0 Å². The Bertz CT molecular complexity index is 310. The van der Waals surface area contributed by atoms with Crippen molar-refractivity contribution >= 4 is 0 Å². The molecule has 1 aromatic rings. The molecule has 1 heterocycles. The minimum Gasteiger partial charge on any atom is -0.306 e. The van der Waals surface area contributed by atoms with Gasteiger partial charge in [0, 0.05) is 18.3 Å². The van der Waals surface area contributed by atoms with Gasteiger partial charge in [0.25, 0.3) is 0 Å². The molecule has 1 aromatic heterocycles. The molecule has 1 saturated carbocycles. The van der Waals surface area contributed by atoms with Crippen LogP contribution in [0.15, 0.2) is 24.4 Å². The van der Waals surface area contributed by atoms with Gasteiger partial charge < -0.3 is 5.32 Å². The summed E-state index contributed by atoms with van der Waals surface area (Å²) >= 11 is 0. The maximum Gasteiger partial charge on any atom is 0.0570 e. The predicted octanol–water partition coefficient (Wildman–Crippen LogP) is 3.31. The van der Waals surface area contributed by atoms with Crippen LogP contribution >= 0.6 is 0 Å². The summed E-state index contributed by atoms with van der Waals surface area (Å²) < 4.78 is 0. The number of rotatable bonds is 4. The Labute approximate surface area is 98.5 Å². The molecule has 0 aliphatic heterocycles. The lowest BCUT2D eigenvalue weighted by atomic mass is 9.99. The molecule has 1 N–H and O–H groups in total. The largest absolute Gasteiger partial charge is 0.306 e. The Hall–Kier alpha value is -0.890. The fourth-order valence-corrected chi connectivity index (χ4v) is 2.78. The first kappa shape index (κ1) is 11.6. The molecule has 2 rings (SSSR count). The summed E-state index contributed by atoms with van der Waals surface area (Å²) in [6.45, 7) is 4.52. The Morgan fingerprint density at radius 1 is 1.44 bits per heavy atom. The maximum atomic E-state index is 4.41. The van der Waals surface area contributed by atoms with Gasteiger partial charge in [0.05, 0.1) is 5.69 Å². The van der Waals surface area contributed by atoms with E-state index < -0.39 is 0 Å². The Morgan fingerprint density at radius 2 is 2.31 bits per heavy atom. The summed E-state index contributed by atoms with van der Waals surface area (Å²) in [5.41, 5.74) is 1.16. The second-order valence-electron chi connectivity index (χ2n) is 4.85. The number of hydrogen-bond acceptors (Lipinski definition) is 2. The number of nitrogens with one attached hydrogen (secondary N) is 1. The molecule has 88 valence electrons. The van der Waals surface area contributed by atoms with Crippen molar-refractivity contribution < 1.29 is 0 Å². The lowest BCUT2D eigenvalue weighted by molar-refractivity contribution is 0.357. The Morgan fingerprint density at radius 3 is 3.00 bits per heavy atom. The van der Waals surface area contributed by atoms with Crippen molar-refractivity contribution in [1.29, 1.82) is 0 Å². The van der Waals surface area contributed by atoms with Gasteiger partial charge in [-0.25, -0.2) is 0 Å². The molecule has 2 nitrogen and oxygen atoms in total. The quantitative estimate of drug-likeness (QED) is 0.838. The topological polar surface area (TPSA) is 24.9 Å². The molecule has 0 spiro atoms. The van der Waals surface area contributed by atoms with Crippen LogP contribution < -0.4 is 5.32 Å². The fourth-order valence-electron chi connectivity index (χ4n) is 2.78. The van der Waals surface area contributed by atoms with Crippen molar-refractivity contribution in [3.63, 3.8) is 0 Å². The van der Waals surface area contributed by atoms with E-state index in [1.54, 1.807) is 0 Å². The zero-order valence-electron chi connectivity index (χ0n) is 10.3. The van der Waals surface area contributed by atoms with Gasteiger partial charge in [-0.1, -0.05) is 25.8 Å². The van der Waals surface area contributed by atoms with Gasteiger partial charge in [0.15, 0.2) is 0 Å². The normalized spacial score (nSPS) is 26.9. The molecule has 0 radical (unpaired) electrons. The molecular weight excluding hydrogens is 196 g/mol. The van der Waals surface area contributed by atoms with E-state index in [1.807, 2.05) is 12.3 Å². The zero-order valence-corrected chi connectivity index (χ0v) is 10.3. The van der Waals surface area contributed by atoms with E-state index in [-0.39, 0.29) is 0 Å². The number of aromatic nitrogens is 1. The van der Waals surface area contributed by atoms with E-state index in [9.17, 15) is 0 Å². The van der Waals surface area contributed by atoms with Crippen LogP contribution in [0.4, 0.5) is 0 Å². The van der Waals surface area contributed by atoms with E-state index in [1.165, 1.54) is 25.7 Å². The predicted molar refractivity (Wildman–Crippen MR) is 67.2 cm³/mol. The van der Waals surface area contributed by atoms with E-state index in [0.717, 1.165) is 11.6 Å². The van der Waals surface area contributed by atoms with E-state index >= 15 is 0 Å². The van der Waals surface area contributed by atoms with E-state index in [4.69, 9.17) is 0 Å². The highest BCUT2D eigenvalue weighted by molar-refractivity contribution is 5.08. The number of pyridine rings is 1. The molecular formula is C14H22N2. The van der Waals surface area contributed by atoms with Gasteiger partial charge >= 0.3 is 0 Å². The van der Waals surface area contributed by atoms with Gasteiger partial charge in [0.1, 0.15) is 0 Å². The highest BCUT2D eigenvalue weighted by atomic mass is 15.0. The summed E-state index contributed by atoms with van der Waals surface area (Å²) in [6, 6.07) is 7.21. The lowest BCUT2D eigenvalue weighted by Gasteiger charge is -2.24. The summed E-state index contributed by atoms with van der Waals surface area (Å²) in [5.74, 6) is 0.867. The average Bonchev–Trinajstić information content (AvgIpc) is 2.77. The maximum absolute atomic E-state index is 4.41. The third kappa shape index (κ3) is 2.62. The monoisotopic (exact) mass is 218 g/mol. The first-order valence-corrected chi connectivity index (χ1v) is 6.48. The molecule has 0 saturated heterocycles. The van der Waals surface area contributed by atoms with Crippen LogP contribution in [0.3, 0.4) is 0 Å². The minimum absolute atomic E-state index is 0.373. The standard InChI is InChI=1S/C14H22N2/c1-3-12-7-6-9-14(12)16-11(2)13-8-4-5-10-15-13/h4-5,8,10-12,14,16H,3,6-7,9H2,1-2H3/t11-,12-,14-/m1/s1. The summed E-state index contributed by atoms with van der Waals surface area (Å²) in [7, 11) is 0. The average molecular weight is 218 g/mol. The SMILES string of the molecule is CC[C@@H]1CCC[C@H]1N[C@H](C)c1ccccn1. The van der Waals surface area contributed by atoms with Gasteiger partial charge in [-0.15, -0.1) is 0 Å². The molecule has 1 aliphatic carbocycles. The van der Waals surface area contributed by atoms with Crippen LogP contribution in [-0.4, -0.2) is 11.0 Å². The zero-order chi connectivity index (χ0) is 11.4. The molecule has 1 aliphatic rings. The molecule has 0 aromatic carbocycles. The Balaban J connectivity index is 1.94. The highest BCUT2D eigenvalue weighted by Gasteiger charge is 2.26. The first-order chi connectivity index (χ1) is 7.81. The molecule has 1 fully saturated rings. The summed E-state index contributed by atoms with van der Waals surface area (Å²) in [4.78, 5) is 4.41. The molecule has 0 bridgehead atoms. The second-order valence-corrected chi connectivity index (χ2v) is 4.85. The van der Waals surface area contributed by atoms with Crippen molar-refractivity contribution in [3.05, 3.63) is 30.1 Å². The summed E-state index contributed by atoms with van der Waals surface area (Å²) in [5, 5.41) is 3.73. The second kappa shape index (κ2) is 5.44. The van der Waals surface area contributed by atoms with Gasteiger partial charge in [-0.05, 0) is 37.8 Å². The van der Waals surface area contributed by atoms with Crippen LogP contribution in [0.1, 0.15) is 51.3 Å². The van der Waals surface area contributed by atoms with Crippen molar-refractivity contribution in [2.75, 3.05) is 0 Å². The van der Waals surface area contributed by atoms with Gasteiger partial charge in [-0.2, -0.15) is 0 Å². The first-order valence-electron chi connectivity index (χ1n) is 6.48. The van der Waals surface area contributed by atoms with Crippen LogP contribution in [0, 0.1) is 5.92 Å². The van der Waals surface area contributed by atoms with Crippen molar-refractivity contribution in [3.8, 4) is 0 Å². The van der Waals surface area contributed by atoms with Crippen molar-refractivity contribution in [2.45, 2.75) is 51.6 Å². The number of hydrogen-bond donors (Lipinski definition) is 1. The van der Waals surface area contributed by atoms with Crippen LogP contribution in [-0.2, 0) is 0 Å². The molecule has 3 atom stereocenters. The molecule has 16 heavy (non-hydrogen) atoms. The highest BCUT2D eigenvalue weighted by Crippen LogP contribution is 2.29. The lowest BCUT2D eigenvalue weighted by Crippen LogP contribution is -2.34. The summed E-state index contributed by atoms with van der Waals surface area (Å²) in [6.07, 6.45) is 7.27. The molecule has 0 amide bonds. The van der Waals surface area contributed by atoms with Crippen LogP contribution in [0.25, 0.3) is 0 Å². The van der Waals surface area contributed by atoms with Gasteiger partial charge in [0.2, 0.25) is 0 Å². The third-order valence-electron chi connectivity index (χ3n) is 3.78. The van der Waals surface area contributed by atoms with Crippen LogP contribution in [0.2, 0.25) is 0 Å². The minimum atomic E-state index is 0.373. The van der Waals surface area contributed by atoms with E-state index in [0.29, 0.717) is 12.1 Å². The smallest absolute Gasteiger partial charge is 0.0570 e. The number of nitrogens with zero attached hydrogens (tertiary/aromatic N) is 1. The van der Waals surface area contributed by atoms with Gasteiger partial charge in [-0.3, -0.25) is 4.98 Å². The Kier molecular flexibility index (Phi) is 3.94. The van der Waals surface area contributed by atoms with Crippen molar-refractivity contribution in [2.24, 2.45) is 5.92 Å². The molecule has 2 heteroatoms. The fraction of sp³-hybridized carbons (Fsp3) is 0.643. The van der Waals surface area contributed by atoms with Crippen molar-refractivity contribution in [1.82, 2.24) is 10.3 Å².